The molecule has 1 aliphatic rings. The summed E-state index contributed by atoms with van der Waals surface area (Å²) in [5.41, 5.74) is 2.67. The molecule has 1 aromatic rings. The van der Waals surface area contributed by atoms with Crippen LogP contribution in [0.5, 0.6) is 0 Å². The molecule has 0 radical (unpaired) electrons. The lowest BCUT2D eigenvalue weighted by atomic mass is 10.0. The van der Waals surface area contributed by atoms with Crippen LogP contribution in [0.4, 0.5) is 10.5 Å². The van der Waals surface area contributed by atoms with E-state index in [1.165, 1.54) is 7.11 Å². The molecule has 7 heteroatoms. The molecule has 0 aromatic heterocycles. The number of ether oxygens (including phenoxy) is 1. The van der Waals surface area contributed by atoms with Gasteiger partial charge < -0.3 is 20.7 Å². The number of rotatable bonds is 4. The summed E-state index contributed by atoms with van der Waals surface area (Å²) in [6.45, 7) is 4.02. The molecule has 0 spiro atoms. The first-order valence-electron chi connectivity index (χ1n) is 7.45. The zero-order valence-corrected chi connectivity index (χ0v) is 13.5. The standard InChI is InChI=1S/C16H21N3O4/c1-9-10(2)13(6-5-12(9)15(21)23-3)19-16(22)17-8-11-4-7-14(20)18-11/h5-6,11H,4,7-8H2,1-3H3,(H,18,20)(H2,17,19,22)/t11-/m0/s1. The van der Waals surface area contributed by atoms with Gasteiger partial charge in [0.25, 0.3) is 0 Å². The lowest BCUT2D eigenvalue weighted by Gasteiger charge is -2.15. The molecule has 1 heterocycles. The van der Waals surface area contributed by atoms with Crippen LogP contribution in [-0.2, 0) is 9.53 Å². The van der Waals surface area contributed by atoms with Gasteiger partial charge in [-0.15, -0.1) is 0 Å². The maximum atomic E-state index is 12.0. The van der Waals surface area contributed by atoms with E-state index < -0.39 is 5.97 Å². The Balaban J connectivity index is 1.97. The van der Waals surface area contributed by atoms with Gasteiger partial charge in [0.2, 0.25) is 5.91 Å². The SMILES string of the molecule is COC(=O)c1ccc(NC(=O)NC[C@@H]2CCC(=O)N2)c(C)c1C. The molecule has 23 heavy (non-hydrogen) atoms. The summed E-state index contributed by atoms with van der Waals surface area (Å²) >= 11 is 0. The average molecular weight is 319 g/mol. The highest BCUT2D eigenvalue weighted by atomic mass is 16.5. The second-order valence-corrected chi connectivity index (χ2v) is 5.54. The minimum atomic E-state index is -0.404. The maximum absolute atomic E-state index is 12.0. The van der Waals surface area contributed by atoms with Crippen molar-refractivity contribution in [2.75, 3.05) is 19.0 Å². The van der Waals surface area contributed by atoms with E-state index in [1.807, 2.05) is 6.92 Å². The number of esters is 1. The van der Waals surface area contributed by atoms with Crippen LogP contribution in [0, 0.1) is 13.8 Å². The van der Waals surface area contributed by atoms with Crippen molar-refractivity contribution < 1.29 is 19.1 Å². The second kappa shape index (κ2) is 7.13. The van der Waals surface area contributed by atoms with E-state index in [0.717, 1.165) is 17.5 Å². The van der Waals surface area contributed by atoms with Gasteiger partial charge >= 0.3 is 12.0 Å². The predicted octanol–water partition coefficient (Wildman–Crippen LogP) is 1.49. The molecule has 0 saturated carbocycles. The van der Waals surface area contributed by atoms with Crippen molar-refractivity contribution in [3.05, 3.63) is 28.8 Å². The average Bonchev–Trinajstić information content (AvgIpc) is 2.95. The van der Waals surface area contributed by atoms with Gasteiger partial charge in [0.15, 0.2) is 0 Å². The molecule has 0 bridgehead atoms. The van der Waals surface area contributed by atoms with E-state index in [2.05, 4.69) is 16.0 Å². The lowest BCUT2D eigenvalue weighted by molar-refractivity contribution is -0.119. The zero-order chi connectivity index (χ0) is 17.0. The molecule has 0 aliphatic carbocycles. The van der Waals surface area contributed by atoms with Gasteiger partial charge in [-0.25, -0.2) is 9.59 Å². The summed E-state index contributed by atoms with van der Waals surface area (Å²) in [7, 11) is 1.33. The molecule has 2 rings (SSSR count). The summed E-state index contributed by atoms with van der Waals surface area (Å²) in [4.78, 5) is 34.7. The van der Waals surface area contributed by atoms with Crippen molar-refractivity contribution in [2.45, 2.75) is 32.7 Å². The minimum absolute atomic E-state index is 0.0158. The maximum Gasteiger partial charge on any atom is 0.338 e. The molecule has 3 amide bonds. The summed E-state index contributed by atoms with van der Waals surface area (Å²) in [5.74, 6) is -0.388. The molecule has 0 unspecified atom stereocenters. The van der Waals surface area contributed by atoms with Crippen LogP contribution in [0.2, 0.25) is 0 Å². The van der Waals surface area contributed by atoms with E-state index in [0.29, 0.717) is 24.2 Å². The summed E-state index contributed by atoms with van der Waals surface area (Å²) < 4.78 is 4.72. The minimum Gasteiger partial charge on any atom is -0.465 e. The van der Waals surface area contributed by atoms with E-state index in [1.54, 1.807) is 19.1 Å². The number of carbonyl (C=O) groups is 3. The van der Waals surface area contributed by atoms with Crippen LogP contribution in [0.25, 0.3) is 0 Å². The fourth-order valence-electron chi connectivity index (χ4n) is 2.50. The number of nitrogens with one attached hydrogen (secondary N) is 3. The predicted molar refractivity (Wildman–Crippen MR) is 85.4 cm³/mol. The summed E-state index contributed by atoms with van der Waals surface area (Å²) in [6.07, 6.45) is 1.23. The molecule has 1 saturated heterocycles. The molecular weight excluding hydrogens is 298 g/mol. The molecule has 1 aliphatic heterocycles. The van der Waals surface area contributed by atoms with Gasteiger partial charge in [0.05, 0.1) is 12.7 Å². The Morgan fingerprint density at radius 1 is 1.30 bits per heavy atom. The molecular formula is C16H21N3O4. The number of methoxy groups -OCH3 is 1. The van der Waals surface area contributed by atoms with Crippen LogP contribution in [0.15, 0.2) is 12.1 Å². The third-order valence-corrected chi connectivity index (χ3v) is 4.03. The highest BCUT2D eigenvalue weighted by Gasteiger charge is 2.21. The smallest absolute Gasteiger partial charge is 0.338 e. The lowest BCUT2D eigenvalue weighted by Crippen LogP contribution is -2.40. The highest BCUT2D eigenvalue weighted by Crippen LogP contribution is 2.22. The van der Waals surface area contributed by atoms with Crippen molar-refractivity contribution in [3.8, 4) is 0 Å². The van der Waals surface area contributed by atoms with Gasteiger partial charge in [-0.3, -0.25) is 4.79 Å². The van der Waals surface area contributed by atoms with E-state index >= 15 is 0 Å². The van der Waals surface area contributed by atoms with E-state index in [4.69, 9.17) is 4.74 Å². The Labute approximate surface area is 134 Å². The topological polar surface area (TPSA) is 96.5 Å². The van der Waals surface area contributed by atoms with E-state index in [-0.39, 0.29) is 18.0 Å². The van der Waals surface area contributed by atoms with Gasteiger partial charge in [0, 0.05) is 24.7 Å². The number of hydrogen-bond acceptors (Lipinski definition) is 4. The number of anilines is 1. The third-order valence-electron chi connectivity index (χ3n) is 4.03. The Morgan fingerprint density at radius 2 is 2.04 bits per heavy atom. The number of urea groups is 1. The van der Waals surface area contributed by atoms with Crippen LogP contribution in [0.3, 0.4) is 0 Å². The highest BCUT2D eigenvalue weighted by molar-refractivity contribution is 5.95. The summed E-state index contributed by atoms with van der Waals surface area (Å²) in [6, 6.07) is 2.93. The van der Waals surface area contributed by atoms with Gasteiger partial charge in [-0.1, -0.05) is 0 Å². The van der Waals surface area contributed by atoms with Gasteiger partial charge in [-0.2, -0.15) is 0 Å². The molecule has 124 valence electrons. The Bertz CT molecular complexity index is 642. The van der Waals surface area contributed by atoms with Crippen LogP contribution in [-0.4, -0.2) is 37.6 Å². The largest absolute Gasteiger partial charge is 0.465 e. The first kappa shape index (κ1) is 16.8. The van der Waals surface area contributed by atoms with Crippen molar-refractivity contribution >= 4 is 23.6 Å². The third kappa shape index (κ3) is 4.00. The monoisotopic (exact) mass is 319 g/mol. The van der Waals surface area contributed by atoms with Crippen LogP contribution >= 0.6 is 0 Å². The molecule has 1 atom stereocenters. The van der Waals surface area contributed by atoms with Crippen molar-refractivity contribution in [2.24, 2.45) is 0 Å². The second-order valence-electron chi connectivity index (χ2n) is 5.54. The van der Waals surface area contributed by atoms with Crippen molar-refractivity contribution in [1.82, 2.24) is 10.6 Å². The van der Waals surface area contributed by atoms with Gasteiger partial charge in [-0.05, 0) is 43.5 Å². The van der Waals surface area contributed by atoms with Crippen molar-refractivity contribution in [3.63, 3.8) is 0 Å². The Hall–Kier alpha value is -2.57. The molecule has 3 N–H and O–H groups in total. The summed E-state index contributed by atoms with van der Waals surface area (Å²) in [5, 5.41) is 8.28. The number of amides is 3. The quantitative estimate of drug-likeness (QED) is 0.733. The fraction of sp³-hybridized carbons (Fsp3) is 0.438. The Kier molecular flexibility index (Phi) is 5.20. The number of benzene rings is 1. The van der Waals surface area contributed by atoms with Crippen molar-refractivity contribution in [1.29, 1.82) is 0 Å². The molecule has 7 nitrogen and oxygen atoms in total. The van der Waals surface area contributed by atoms with E-state index in [9.17, 15) is 14.4 Å². The van der Waals surface area contributed by atoms with Crippen LogP contribution in [0.1, 0.15) is 34.3 Å². The van der Waals surface area contributed by atoms with Gasteiger partial charge in [0.1, 0.15) is 0 Å². The zero-order valence-electron chi connectivity index (χ0n) is 13.5. The number of hydrogen-bond donors (Lipinski definition) is 3. The molecule has 1 fully saturated rings. The number of carbonyl (C=O) groups excluding carboxylic acids is 3. The first-order chi connectivity index (χ1) is 10.9. The molecule has 1 aromatic carbocycles. The fourth-order valence-corrected chi connectivity index (χ4v) is 2.50. The van der Waals surface area contributed by atoms with Crippen LogP contribution < -0.4 is 16.0 Å². The Morgan fingerprint density at radius 3 is 2.65 bits per heavy atom. The first-order valence-corrected chi connectivity index (χ1v) is 7.45. The normalized spacial score (nSPS) is 16.7.